The molecule has 0 unspecified atom stereocenters. The largest absolute Gasteiger partial charge is 0.416 e. The third-order valence-electron chi connectivity index (χ3n) is 2.57. The quantitative estimate of drug-likeness (QED) is 0.915. The molecule has 0 aliphatic heterocycles. The van der Waals surface area contributed by atoms with Crippen molar-refractivity contribution in [2.45, 2.75) is 6.18 Å². The highest BCUT2D eigenvalue weighted by molar-refractivity contribution is 9.10. The molecule has 19 heavy (non-hydrogen) atoms. The minimum absolute atomic E-state index is 0.00780. The maximum atomic E-state index is 12.6. The Morgan fingerprint density at radius 3 is 2.58 bits per heavy atom. The number of nitrogens with one attached hydrogen (secondary N) is 1. The fourth-order valence-electron chi connectivity index (χ4n) is 1.45. The first-order valence-corrected chi connectivity index (χ1v) is 6.33. The Morgan fingerprint density at radius 2 is 2.05 bits per heavy atom. The molecule has 0 spiro atoms. The van der Waals surface area contributed by atoms with Gasteiger partial charge >= 0.3 is 6.18 Å². The SMILES string of the molecule is CNCCN(C)C(=O)c1cc(C(F)(F)F)ccc1Br. The zero-order valence-electron chi connectivity index (χ0n) is 10.5. The van der Waals surface area contributed by atoms with Gasteiger partial charge in [-0.1, -0.05) is 0 Å². The van der Waals surface area contributed by atoms with Crippen LogP contribution in [0.3, 0.4) is 0 Å². The minimum Gasteiger partial charge on any atom is -0.340 e. The Morgan fingerprint density at radius 1 is 1.42 bits per heavy atom. The van der Waals surface area contributed by atoms with Crippen LogP contribution in [0, 0.1) is 0 Å². The van der Waals surface area contributed by atoms with E-state index < -0.39 is 17.6 Å². The molecule has 0 bridgehead atoms. The van der Waals surface area contributed by atoms with E-state index in [1.807, 2.05) is 0 Å². The first-order valence-electron chi connectivity index (χ1n) is 5.54. The van der Waals surface area contributed by atoms with E-state index in [9.17, 15) is 18.0 Å². The summed E-state index contributed by atoms with van der Waals surface area (Å²) < 4.78 is 38.2. The Bertz CT molecular complexity index is 463. The number of alkyl halides is 3. The standard InChI is InChI=1S/C12H14BrF3N2O/c1-17-5-6-18(2)11(19)9-7-8(12(14,15)16)3-4-10(9)13/h3-4,7,17H,5-6H2,1-2H3. The van der Waals surface area contributed by atoms with E-state index in [2.05, 4.69) is 21.2 Å². The average molecular weight is 339 g/mol. The van der Waals surface area contributed by atoms with Gasteiger partial charge in [0.25, 0.3) is 5.91 Å². The Kier molecular flexibility index (Phi) is 5.37. The molecular formula is C12H14BrF3N2O. The molecule has 1 aromatic carbocycles. The van der Waals surface area contributed by atoms with E-state index in [1.165, 1.54) is 11.0 Å². The molecule has 1 N–H and O–H groups in total. The van der Waals surface area contributed by atoms with Gasteiger partial charge in [0.2, 0.25) is 0 Å². The zero-order chi connectivity index (χ0) is 14.6. The second kappa shape index (κ2) is 6.38. The Labute approximate surface area is 117 Å². The number of nitrogens with zero attached hydrogens (tertiary/aromatic N) is 1. The van der Waals surface area contributed by atoms with Crippen molar-refractivity contribution in [1.82, 2.24) is 10.2 Å². The molecule has 0 aromatic heterocycles. The smallest absolute Gasteiger partial charge is 0.340 e. The molecule has 3 nitrogen and oxygen atoms in total. The predicted octanol–water partition coefficient (Wildman–Crippen LogP) is 2.76. The molecule has 1 amide bonds. The average Bonchev–Trinajstić information content (AvgIpc) is 2.34. The van der Waals surface area contributed by atoms with Crippen molar-refractivity contribution >= 4 is 21.8 Å². The van der Waals surface area contributed by atoms with E-state index >= 15 is 0 Å². The van der Waals surface area contributed by atoms with Crippen molar-refractivity contribution in [2.24, 2.45) is 0 Å². The normalized spacial score (nSPS) is 11.5. The molecule has 1 rings (SSSR count). The van der Waals surface area contributed by atoms with Crippen LogP contribution < -0.4 is 5.32 Å². The second-order valence-electron chi connectivity index (χ2n) is 4.02. The fourth-order valence-corrected chi connectivity index (χ4v) is 1.87. The molecule has 0 aliphatic rings. The lowest BCUT2D eigenvalue weighted by Gasteiger charge is -2.18. The van der Waals surface area contributed by atoms with E-state index in [0.29, 0.717) is 17.6 Å². The zero-order valence-corrected chi connectivity index (χ0v) is 12.1. The molecule has 0 atom stereocenters. The van der Waals surface area contributed by atoms with Crippen molar-refractivity contribution in [2.75, 3.05) is 27.2 Å². The van der Waals surface area contributed by atoms with Crippen LogP contribution >= 0.6 is 15.9 Å². The summed E-state index contributed by atoms with van der Waals surface area (Å²) in [6, 6.07) is 3.04. The van der Waals surface area contributed by atoms with Crippen molar-refractivity contribution in [3.05, 3.63) is 33.8 Å². The minimum atomic E-state index is -4.46. The van der Waals surface area contributed by atoms with Gasteiger partial charge in [0.05, 0.1) is 11.1 Å². The second-order valence-corrected chi connectivity index (χ2v) is 4.88. The lowest BCUT2D eigenvalue weighted by molar-refractivity contribution is -0.137. The van der Waals surface area contributed by atoms with Crippen molar-refractivity contribution in [1.29, 1.82) is 0 Å². The number of rotatable bonds is 4. The molecule has 106 valence electrons. The number of carbonyl (C=O) groups excluding carboxylic acids is 1. The Hall–Kier alpha value is -1.08. The summed E-state index contributed by atoms with van der Waals surface area (Å²) in [5.41, 5.74) is -0.825. The molecule has 0 saturated heterocycles. The highest BCUT2D eigenvalue weighted by Gasteiger charge is 2.31. The molecular weight excluding hydrogens is 325 g/mol. The number of likely N-dealkylation sites (N-methyl/N-ethyl adjacent to an activating group) is 2. The molecule has 0 fully saturated rings. The predicted molar refractivity (Wildman–Crippen MR) is 70.0 cm³/mol. The van der Waals surface area contributed by atoms with Gasteiger partial charge in [0, 0.05) is 24.6 Å². The summed E-state index contributed by atoms with van der Waals surface area (Å²) in [6.45, 7) is 0.983. The number of hydrogen-bond acceptors (Lipinski definition) is 2. The first-order chi connectivity index (χ1) is 8.77. The number of amides is 1. The highest BCUT2D eigenvalue weighted by atomic mass is 79.9. The van der Waals surface area contributed by atoms with Gasteiger partial charge in [0.15, 0.2) is 0 Å². The molecule has 0 radical (unpaired) electrons. The number of halogens is 4. The third kappa shape index (κ3) is 4.21. The van der Waals surface area contributed by atoms with Gasteiger partial charge in [0.1, 0.15) is 0 Å². The van der Waals surface area contributed by atoms with Gasteiger partial charge in [-0.15, -0.1) is 0 Å². The van der Waals surface area contributed by atoms with Gasteiger partial charge in [-0.2, -0.15) is 13.2 Å². The van der Waals surface area contributed by atoms with Crippen molar-refractivity contribution in [3.8, 4) is 0 Å². The first kappa shape index (κ1) is 16.0. The Balaban J connectivity index is 3.02. The van der Waals surface area contributed by atoms with Gasteiger partial charge < -0.3 is 10.2 Å². The monoisotopic (exact) mass is 338 g/mol. The number of hydrogen-bond donors (Lipinski definition) is 1. The van der Waals surface area contributed by atoms with Crippen LogP contribution in [-0.2, 0) is 6.18 Å². The lowest BCUT2D eigenvalue weighted by atomic mass is 10.1. The van der Waals surface area contributed by atoms with Crippen molar-refractivity contribution in [3.63, 3.8) is 0 Å². The van der Waals surface area contributed by atoms with Crippen LogP contribution in [0.5, 0.6) is 0 Å². The number of benzene rings is 1. The summed E-state index contributed by atoms with van der Waals surface area (Å²) in [6.07, 6.45) is -4.46. The summed E-state index contributed by atoms with van der Waals surface area (Å²) in [7, 11) is 3.28. The van der Waals surface area contributed by atoms with Crippen LogP contribution in [0.25, 0.3) is 0 Å². The van der Waals surface area contributed by atoms with Crippen LogP contribution in [0.4, 0.5) is 13.2 Å². The number of carbonyl (C=O) groups is 1. The van der Waals surface area contributed by atoms with Gasteiger partial charge in [-0.25, -0.2) is 0 Å². The van der Waals surface area contributed by atoms with Crippen LogP contribution in [0.1, 0.15) is 15.9 Å². The van der Waals surface area contributed by atoms with Crippen LogP contribution in [0.2, 0.25) is 0 Å². The highest BCUT2D eigenvalue weighted by Crippen LogP contribution is 2.32. The maximum absolute atomic E-state index is 12.6. The van der Waals surface area contributed by atoms with Crippen LogP contribution in [0.15, 0.2) is 22.7 Å². The molecule has 0 aliphatic carbocycles. The summed E-state index contributed by atoms with van der Waals surface area (Å²) in [5, 5.41) is 2.87. The summed E-state index contributed by atoms with van der Waals surface area (Å²) >= 11 is 3.10. The van der Waals surface area contributed by atoms with Crippen LogP contribution in [-0.4, -0.2) is 38.0 Å². The van der Waals surface area contributed by atoms with E-state index in [-0.39, 0.29) is 5.56 Å². The summed E-state index contributed by atoms with van der Waals surface area (Å²) in [4.78, 5) is 13.4. The van der Waals surface area contributed by atoms with E-state index in [0.717, 1.165) is 12.1 Å². The van der Waals surface area contributed by atoms with E-state index in [4.69, 9.17) is 0 Å². The molecule has 0 heterocycles. The van der Waals surface area contributed by atoms with E-state index in [1.54, 1.807) is 14.1 Å². The fraction of sp³-hybridized carbons (Fsp3) is 0.417. The lowest BCUT2D eigenvalue weighted by Crippen LogP contribution is -2.33. The van der Waals surface area contributed by atoms with Crippen molar-refractivity contribution < 1.29 is 18.0 Å². The summed E-state index contributed by atoms with van der Waals surface area (Å²) in [5.74, 6) is -0.451. The maximum Gasteiger partial charge on any atom is 0.416 e. The molecule has 1 aromatic rings. The topological polar surface area (TPSA) is 32.3 Å². The van der Waals surface area contributed by atoms with Gasteiger partial charge in [-0.3, -0.25) is 4.79 Å². The third-order valence-corrected chi connectivity index (χ3v) is 3.26. The molecule has 0 saturated carbocycles. The molecule has 7 heteroatoms. The van der Waals surface area contributed by atoms with Gasteiger partial charge in [-0.05, 0) is 41.2 Å².